The number of esters is 2. The molecule has 1 saturated carbocycles. The Morgan fingerprint density at radius 2 is 1.94 bits per heavy atom. The van der Waals surface area contributed by atoms with Crippen molar-refractivity contribution in [3.8, 4) is 0 Å². The van der Waals surface area contributed by atoms with Crippen LogP contribution in [0.1, 0.15) is 52.5 Å². The molecule has 3 fully saturated rings. The van der Waals surface area contributed by atoms with Gasteiger partial charge < -0.3 is 19.3 Å². The zero-order valence-corrected chi connectivity index (χ0v) is 21.2. The number of aliphatic hydroxyl groups excluding tert-OH is 1. The molecule has 2 heterocycles. The number of fused-ring (bicyclic) bond motifs is 4. The van der Waals surface area contributed by atoms with Gasteiger partial charge in [0.2, 0.25) is 0 Å². The van der Waals surface area contributed by atoms with Crippen LogP contribution in [0.3, 0.4) is 0 Å². The van der Waals surface area contributed by atoms with Crippen LogP contribution in [0.5, 0.6) is 0 Å². The summed E-state index contributed by atoms with van der Waals surface area (Å²) in [6, 6.07) is 7.69. The summed E-state index contributed by atoms with van der Waals surface area (Å²) in [4.78, 5) is 25.0. The first kappa shape index (κ1) is 24.4. The molecule has 1 aliphatic carbocycles. The molecule has 0 spiro atoms. The van der Waals surface area contributed by atoms with E-state index in [4.69, 9.17) is 14.2 Å². The van der Waals surface area contributed by atoms with Crippen LogP contribution in [0.4, 0.5) is 0 Å². The molecular formula is C26H33BrO6. The van der Waals surface area contributed by atoms with Gasteiger partial charge in [-0.3, -0.25) is 0 Å². The highest BCUT2D eigenvalue weighted by Gasteiger charge is 2.72. The third-order valence-corrected chi connectivity index (χ3v) is 8.61. The van der Waals surface area contributed by atoms with E-state index in [1.54, 1.807) is 6.08 Å². The van der Waals surface area contributed by atoms with Gasteiger partial charge in [-0.25, -0.2) is 9.59 Å². The van der Waals surface area contributed by atoms with Gasteiger partial charge in [0.1, 0.15) is 30.0 Å². The Hall–Kier alpha value is -1.70. The Morgan fingerprint density at radius 3 is 2.58 bits per heavy atom. The first-order chi connectivity index (χ1) is 15.6. The van der Waals surface area contributed by atoms with Crippen molar-refractivity contribution in [1.82, 2.24) is 0 Å². The largest absolute Gasteiger partial charge is 0.457 e. The number of ether oxygens (including phenoxy) is 3. The Morgan fingerprint density at radius 1 is 1.24 bits per heavy atom. The van der Waals surface area contributed by atoms with E-state index in [0.29, 0.717) is 12.3 Å². The SMILES string of the molecule is CC(C)C12C[C@@H](OC(=O)CO)[C@@](C)(O1)[C@@H]1CC[C@@H](C)[C@H]1[C@@H]2OC(=O)C=Cc1ccc(Br)cc1. The molecule has 1 aromatic rings. The van der Waals surface area contributed by atoms with Crippen LogP contribution in [0, 0.1) is 23.7 Å². The number of halogens is 1. The van der Waals surface area contributed by atoms with Crippen molar-refractivity contribution >= 4 is 33.9 Å². The fourth-order valence-corrected chi connectivity index (χ4v) is 6.61. The normalized spacial score (nSPS) is 37.4. The standard InChI is InChI=1S/C26H33BrO6/c1-15(2)26-13-20(31-22(30)14-28)25(4,33-26)19-11-5-16(3)23(19)24(26)32-21(29)12-8-17-6-9-18(27)10-7-17/h6-10,12,15-16,19-20,23-24,28H,5,11,13-14H2,1-4H3/t16-,19-,20-,23-,24+,25+,26?/m1/s1. The lowest BCUT2D eigenvalue weighted by atomic mass is 9.69. The van der Waals surface area contributed by atoms with Crippen molar-refractivity contribution in [2.75, 3.05) is 6.61 Å². The van der Waals surface area contributed by atoms with Gasteiger partial charge in [-0.2, -0.15) is 0 Å². The lowest BCUT2D eigenvalue weighted by molar-refractivity contribution is -0.264. The number of benzene rings is 1. The number of hydrogen-bond donors (Lipinski definition) is 1. The summed E-state index contributed by atoms with van der Waals surface area (Å²) in [5.74, 6) is -0.428. The van der Waals surface area contributed by atoms with Crippen molar-refractivity contribution in [1.29, 1.82) is 0 Å². The maximum absolute atomic E-state index is 13.0. The summed E-state index contributed by atoms with van der Waals surface area (Å²) in [7, 11) is 0. The second kappa shape index (κ2) is 9.16. The Bertz CT molecular complexity index is 927. The molecule has 2 bridgehead atoms. The topological polar surface area (TPSA) is 82.1 Å². The zero-order chi connectivity index (χ0) is 24.0. The van der Waals surface area contributed by atoms with Crippen LogP contribution < -0.4 is 0 Å². The number of hydrogen-bond acceptors (Lipinski definition) is 6. The van der Waals surface area contributed by atoms with Gasteiger partial charge in [0, 0.05) is 22.9 Å². The smallest absolute Gasteiger partial charge is 0.332 e. The molecule has 1 unspecified atom stereocenters. The highest BCUT2D eigenvalue weighted by molar-refractivity contribution is 9.10. The molecular weight excluding hydrogens is 488 g/mol. The van der Waals surface area contributed by atoms with E-state index in [1.165, 1.54) is 6.08 Å². The van der Waals surface area contributed by atoms with Gasteiger partial charge in [-0.05, 0) is 61.3 Å². The molecule has 180 valence electrons. The van der Waals surface area contributed by atoms with Gasteiger partial charge in [0.05, 0.1) is 0 Å². The number of rotatable bonds is 6. The summed E-state index contributed by atoms with van der Waals surface area (Å²) in [6.45, 7) is 7.70. The van der Waals surface area contributed by atoms with E-state index < -0.39 is 42.0 Å². The average molecular weight is 521 g/mol. The van der Waals surface area contributed by atoms with Gasteiger partial charge in [-0.1, -0.05) is 48.8 Å². The van der Waals surface area contributed by atoms with E-state index in [-0.39, 0.29) is 17.8 Å². The molecule has 1 aromatic carbocycles. The summed E-state index contributed by atoms with van der Waals surface area (Å²) < 4.78 is 19.6. The van der Waals surface area contributed by atoms with Gasteiger partial charge >= 0.3 is 11.9 Å². The molecule has 1 N–H and O–H groups in total. The molecule has 2 aliphatic heterocycles. The molecule has 3 aliphatic rings. The van der Waals surface area contributed by atoms with E-state index in [2.05, 4.69) is 36.7 Å². The highest BCUT2D eigenvalue weighted by atomic mass is 79.9. The van der Waals surface area contributed by atoms with Gasteiger partial charge in [0.25, 0.3) is 0 Å². The van der Waals surface area contributed by atoms with Crippen LogP contribution in [-0.2, 0) is 23.8 Å². The highest BCUT2D eigenvalue weighted by Crippen LogP contribution is 2.63. The second-order valence-corrected chi connectivity index (χ2v) is 11.1. The molecule has 0 aromatic heterocycles. The first-order valence-corrected chi connectivity index (χ1v) is 12.5. The summed E-state index contributed by atoms with van der Waals surface area (Å²) in [6.07, 6.45) is 4.67. The number of aliphatic hydroxyl groups is 1. The second-order valence-electron chi connectivity index (χ2n) is 10.2. The number of carbonyl (C=O) groups excluding carboxylic acids is 2. The van der Waals surface area contributed by atoms with Crippen LogP contribution >= 0.6 is 15.9 Å². The minimum absolute atomic E-state index is 0.0386. The summed E-state index contributed by atoms with van der Waals surface area (Å²) in [5, 5.41) is 9.27. The predicted octanol–water partition coefficient (Wildman–Crippen LogP) is 4.53. The number of carbonyl (C=O) groups is 2. The quantitative estimate of drug-likeness (QED) is 0.438. The van der Waals surface area contributed by atoms with E-state index in [9.17, 15) is 14.7 Å². The summed E-state index contributed by atoms with van der Waals surface area (Å²) in [5.41, 5.74) is -0.512. The van der Waals surface area contributed by atoms with E-state index in [1.807, 2.05) is 31.2 Å². The zero-order valence-electron chi connectivity index (χ0n) is 19.6. The summed E-state index contributed by atoms with van der Waals surface area (Å²) >= 11 is 3.41. The fraction of sp³-hybridized carbons (Fsp3) is 0.615. The molecule has 0 radical (unpaired) electrons. The van der Waals surface area contributed by atoms with Crippen molar-refractivity contribution in [2.24, 2.45) is 23.7 Å². The van der Waals surface area contributed by atoms with Crippen LogP contribution in [-0.4, -0.2) is 47.1 Å². The maximum atomic E-state index is 13.0. The third-order valence-electron chi connectivity index (χ3n) is 8.08. The Kier molecular flexibility index (Phi) is 6.78. The minimum atomic E-state index is -0.754. The van der Waals surface area contributed by atoms with Crippen molar-refractivity contribution < 1.29 is 28.9 Å². The first-order valence-electron chi connectivity index (χ1n) is 11.8. The van der Waals surface area contributed by atoms with Crippen molar-refractivity contribution in [3.05, 3.63) is 40.4 Å². The van der Waals surface area contributed by atoms with Crippen molar-refractivity contribution in [3.63, 3.8) is 0 Å². The van der Waals surface area contributed by atoms with Gasteiger partial charge in [-0.15, -0.1) is 0 Å². The van der Waals surface area contributed by atoms with Crippen LogP contribution in [0.15, 0.2) is 34.8 Å². The predicted molar refractivity (Wildman–Crippen MR) is 127 cm³/mol. The maximum Gasteiger partial charge on any atom is 0.332 e. The Balaban J connectivity index is 1.64. The van der Waals surface area contributed by atoms with Crippen molar-refractivity contribution in [2.45, 2.75) is 70.4 Å². The molecule has 4 rings (SSSR count). The van der Waals surface area contributed by atoms with Crippen LogP contribution in [0.2, 0.25) is 0 Å². The van der Waals surface area contributed by atoms with E-state index in [0.717, 1.165) is 22.9 Å². The molecule has 0 amide bonds. The monoisotopic (exact) mass is 520 g/mol. The minimum Gasteiger partial charge on any atom is -0.457 e. The lowest BCUT2D eigenvalue weighted by Crippen LogP contribution is -2.62. The fourth-order valence-electron chi connectivity index (χ4n) is 6.34. The molecule has 33 heavy (non-hydrogen) atoms. The van der Waals surface area contributed by atoms with Crippen LogP contribution in [0.25, 0.3) is 6.08 Å². The van der Waals surface area contributed by atoms with E-state index >= 15 is 0 Å². The van der Waals surface area contributed by atoms with Gasteiger partial charge in [0.15, 0.2) is 0 Å². The molecule has 6 nitrogen and oxygen atoms in total. The average Bonchev–Trinajstić information content (AvgIpc) is 3.29. The lowest BCUT2D eigenvalue weighted by Gasteiger charge is -2.52. The Labute approximate surface area is 203 Å². The molecule has 7 heteroatoms. The molecule has 2 saturated heterocycles. The molecule has 7 atom stereocenters. The third kappa shape index (κ3) is 4.28.